The van der Waals surface area contributed by atoms with E-state index in [2.05, 4.69) is 15.3 Å². The van der Waals surface area contributed by atoms with Crippen molar-refractivity contribution in [3.63, 3.8) is 0 Å². The molecule has 0 radical (unpaired) electrons. The van der Waals surface area contributed by atoms with Crippen molar-refractivity contribution in [3.8, 4) is 5.75 Å². The van der Waals surface area contributed by atoms with Crippen molar-refractivity contribution in [1.29, 1.82) is 0 Å². The minimum absolute atomic E-state index is 0.317. The number of imidazole rings is 1. The Morgan fingerprint density at radius 2 is 1.52 bits per heavy atom. The third kappa shape index (κ3) is 5.18. The number of carbonyl (C=O) groups excluding carboxylic acids is 2. The second kappa shape index (κ2) is 9.00. The number of rotatable bonds is 8. The largest absolute Gasteiger partial charge is 0.482 e. The minimum Gasteiger partial charge on any atom is -0.482 e. The number of esters is 1. The van der Waals surface area contributed by atoms with Crippen LogP contribution in [0.25, 0.3) is 11.0 Å². The molecule has 0 aliphatic heterocycles. The summed E-state index contributed by atoms with van der Waals surface area (Å²) >= 11 is 0. The Balaban J connectivity index is 1.25. The fourth-order valence-electron chi connectivity index (χ4n) is 2.94. The first-order chi connectivity index (χ1) is 15.1. The zero-order valence-corrected chi connectivity index (χ0v) is 16.4. The summed E-state index contributed by atoms with van der Waals surface area (Å²) in [5.74, 6) is -0.534. The van der Waals surface area contributed by atoms with Crippen LogP contribution in [0.3, 0.4) is 0 Å². The molecule has 0 bridgehead atoms. The molecule has 0 spiro atoms. The second-order valence-corrected chi connectivity index (χ2v) is 6.73. The molecule has 4 aromatic rings. The van der Waals surface area contributed by atoms with Gasteiger partial charge in [-0.1, -0.05) is 18.2 Å². The third-order valence-corrected chi connectivity index (χ3v) is 4.48. The van der Waals surface area contributed by atoms with E-state index in [1.807, 2.05) is 42.5 Å². The Bertz CT molecular complexity index is 1260. The number of hydrogen-bond acceptors (Lipinski definition) is 6. The lowest BCUT2D eigenvalue weighted by atomic mass is 10.1. The first kappa shape index (κ1) is 20.0. The molecule has 0 saturated carbocycles. The SMILES string of the molecule is O=C(COc1ccc(Nc2ccccc2)cc1)OCC(=O)c1ccc2[nH]c(=O)[nH]c2c1. The van der Waals surface area contributed by atoms with E-state index in [9.17, 15) is 14.4 Å². The second-order valence-electron chi connectivity index (χ2n) is 6.73. The molecule has 8 nitrogen and oxygen atoms in total. The van der Waals surface area contributed by atoms with Crippen LogP contribution < -0.4 is 15.7 Å². The molecule has 0 aliphatic carbocycles. The van der Waals surface area contributed by atoms with Gasteiger partial charge in [0.25, 0.3) is 0 Å². The number of benzene rings is 3. The standard InChI is InChI=1S/C23H19N3O5/c27-21(15-6-11-19-20(12-15)26-23(29)25-19)13-31-22(28)14-30-18-9-7-17(8-10-18)24-16-4-2-1-3-5-16/h1-12,24H,13-14H2,(H2,25,26,29). The van der Waals surface area contributed by atoms with E-state index in [1.165, 1.54) is 6.07 Å². The van der Waals surface area contributed by atoms with Crippen LogP contribution in [-0.4, -0.2) is 34.9 Å². The van der Waals surface area contributed by atoms with Crippen LogP contribution >= 0.6 is 0 Å². The van der Waals surface area contributed by atoms with Gasteiger partial charge in [0.15, 0.2) is 19.0 Å². The van der Waals surface area contributed by atoms with Gasteiger partial charge in [-0.3, -0.25) is 4.79 Å². The highest BCUT2D eigenvalue weighted by Gasteiger charge is 2.12. The molecular weight excluding hydrogens is 398 g/mol. The summed E-state index contributed by atoms with van der Waals surface area (Å²) in [6, 6.07) is 21.6. The predicted octanol–water partition coefficient (Wildman–Crippen LogP) is 3.40. The van der Waals surface area contributed by atoms with E-state index >= 15 is 0 Å². The average Bonchev–Trinajstić information content (AvgIpc) is 3.17. The highest BCUT2D eigenvalue weighted by molar-refractivity contribution is 6.00. The molecule has 0 unspecified atom stereocenters. The third-order valence-electron chi connectivity index (χ3n) is 4.48. The molecule has 4 rings (SSSR count). The lowest BCUT2D eigenvalue weighted by Gasteiger charge is -2.09. The van der Waals surface area contributed by atoms with Gasteiger partial charge in [0, 0.05) is 16.9 Å². The molecule has 3 N–H and O–H groups in total. The van der Waals surface area contributed by atoms with Crippen molar-refractivity contribution in [1.82, 2.24) is 9.97 Å². The Labute approximate surface area is 176 Å². The van der Waals surface area contributed by atoms with E-state index in [-0.39, 0.29) is 18.1 Å². The number of carbonyl (C=O) groups is 2. The number of aromatic amines is 2. The number of anilines is 2. The van der Waals surface area contributed by atoms with Crippen LogP contribution in [0.15, 0.2) is 77.6 Å². The average molecular weight is 417 g/mol. The summed E-state index contributed by atoms with van der Waals surface area (Å²) in [5.41, 5.74) is 2.93. The molecule has 0 saturated heterocycles. The van der Waals surface area contributed by atoms with Gasteiger partial charge in [0.1, 0.15) is 5.75 Å². The van der Waals surface area contributed by atoms with Gasteiger partial charge in [-0.25, -0.2) is 9.59 Å². The zero-order chi connectivity index (χ0) is 21.6. The first-order valence-electron chi connectivity index (χ1n) is 9.53. The van der Waals surface area contributed by atoms with Crippen LogP contribution in [0.5, 0.6) is 5.75 Å². The van der Waals surface area contributed by atoms with E-state index in [0.717, 1.165) is 11.4 Å². The summed E-state index contributed by atoms with van der Waals surface area (Å²) < 4.78 is 10.4. The highest BCUT2D eigenvalue weighted by atomic mass is 16.6. The number of ketones is 1. The van der Waals surface area contributed by atoms with E-state index in [0.29, 0.717) is 22.3 Å². The molecular formula is C23H19N3O5. The minimum atomic E-state index is -0.657. The normalized spacial score (nSPS) is 10.6. The van der Waals surface area contributed by atoms with Crippen molar-refractivity contribution in [3.05, 3.63) is 88.8 Å². The smallest absolute Gasteiger partial charge is 0.344 e. The fourth-order valence-corrected chi connectivity index (χ4v) is 2.94. The maximum Gasteiger partial charge on any atom is 0.344 e. The monoisotopic (exact) mass is 417 g/mol. The topological polar surface area (TPSA) is 113 Å². The van der Waals surface area contributed by atoms with Crippen molar-refractivity contribution < 1.29 is 19.1 Å². The van der Waals surface area contributed by atoms with Gasteiger partial charge in [-0.05, 0) is 54.6 Å². The van der Waals surface area contributed by atoms with Crippen LogP contribution in [0, 0.1) is 0 Å². The van der Waals surface area contributed by atoms with Crippen LogP contribution in [0.1, 0.15) is 10.4 Å². The fraction of sp³-hybridized carbons (Fsp3) is 0.0870. The summed E-state index contributed by atoms with van der Waals surface area (Å²) in [6.45, 7) is -0.731. The van der Waals surface area contributed by atoms with Crippen LogP contribution in [0.4, 0.5) is 11.4 Å². The van der Waals surface area contributed by atoms with Crippen LogP contribution in [-0.2, 0) is 9.53 Å². The van der Waals surface area contributed by atoms with E-state index in [1.54, 1.807) is 24.3 Å². The Kier molecular flexibility index (Phi) is 5.79. The van der Waals surface area contributed by atoms with E-state index in [4.69, 9.17) is 9.47 Å². The van der Waals surface area contributed by atoms with Crippen LogP contribution in [0.2, 0.25) is 0 Å². The number of H-pyrrole nitrogens is 2. The Morgan fingerprint density at radius 3 is 2.29 bits per heavy atom. The summed E-state index contributed by atoms with van der Waals surface area (Å²) in [6.07, 6.45) is 0. The quantitative estimate of drug-likeness (QED) is 0.299. The Hall–Kier alpha value is -4.33. The van der Waals surface area contributed by atoms with Crippen molar-refractivity contribution in [2.24, 2.45) is 0 Å². The molecule has 31 heavy (non-hydrogen) atoms. The van der Waals surface area contributed by atoms with Gasteiger partial charge >= 0.3 is 11.7 Å². The molecule has 1 aromatic heterocycles. The molecule has 1 heterocycles. The zero-order valence-electron chi connectivity index (χ0n) is 16.4. The molecule has 0 amide bonds. The lowest BCUT2D eigenvalue weighted by Crippen LogP contribution is -2.19. The summed E-state index contributed by atoms with van der Waals surface area (Å²) in [4.78, 5) is 40.6. The number of Topliss-reactive ketones (excluding diaryl/α,β-unsaturated/α-hetero) is 1. The number of aromatic nitrogens is 2. The van der Waals surface area contributed by atoms with Gasteiger partial charge < -0.3 is 24.8 Å². The number of fused-ring (bicyclic) bond motifs is 1. The molecule has 3 aromatic carbocycles. The lowest BCUT2D eigenvalue weighted by molar-refractivity contribution is -0.144. The van der Waals surface area contributed by atoms with Gasteiger partial charge in [0.05, 0.1) is 11.0 Å². The van der Waals surface area contributed by atoms with Gasteiger partial charge in [-0.15, -0.1) is 0 Å². The maximum atomic E-state index is 12.2. The molecule has 0 atom stereocenters. The highest BCUT2D eigenvalue weighted by Crippen LogP contribution is 2.20. The van der Waals surface area contributed by atoms with Crippen molar-refractivity contribution in [2.45, 2.75) is 0 Å². The van der Waals surface area contributed by atoms with E-state index < -0.39 is 12.6 Å². The summed E-state index contributed by atoms with van der Waals surface area (Å²) in [7, 11) is 0. The number of ether oxygens (including phenoxy) is 2. The molecule has 0 aliphatic rings. The van der Waals surface area contributed by atoms with Crippen molar-refractivity contribution >= 4 is 34.2 Å². The number of para-hydroxylation sites is 1. The van der Waals surface area contributed by atoms with Gasteiger partial charge in [-0.2, -0.15) is 0 Å². The predicted molar refractivity (Wildman–Crippen MR) is 116 cm³/mol. The first-order valence-corrected chi connectivity index (χ1v) is 9.53. The molecule has 8 heteroatoms. The van der Waals surface area contributed by atoms with Gasteiger partial charge in [0.2, 0.25) is 0 Å². The number of hydrogen-bond donors (Lipinski definition) is 3. The molecule has 0 fully saturated rings. The Morgan fingerprint density at radius 1 is 0.806 bits per heavy atom. The summed E-state index contributed by atoms with van der Waals surface area (Å²) in [5, 5.41) is 3.25. The molecule has 156 valence electrons. The van der Waals surface area contributed by atoms with Crippen molar-refractivity contribution in [2.75, 3.05) is 18.5 Å². The maximum absolute atomic E-state index is 12.2. The number of nitrogens with one attached hydrogen (secondary N) is 3.